The number of rotatable bonds is 10. The summed E-state index contributed by atoms with van der Waals surface area (Å²) in [7, 11) is 0. The molecule has 0 aliphatic rings. The average molecular weight is 491 g/mol. The van der Waals surface area contributed by atoms with Crippen molar-refractivity contribution in [3.8, 4) is 5.75 Å². The Bertz CT molecular complexity index is 1460. The number of nitrogens with zero attached hydrogens (tertiary/aromatic N) is 2. The van der Waals surface area contributed by atoms with E-state index in [4.69, 9.17) is 0 Å². The maximum absolute atomic E-state index is 10.1. The number of phenolic OH excluding ortho intramolecular Hbond substituents is 1. The van der Waals surface area contributed by atoms with Gasteiger partial charge in [-0.05, 0) is 72.4 Å². The molecule has 37 heavy (non-hydrogen) atoms. The normalized spacial score (nSPS) is 11.3. The Hall–Kier alpha value is -4.51. The predicted molar refractivity (Wildman–Crippen MR) is 153 cm³/mol. The molecule has 0 saturated heterocycles. The summed E-state index contributed by atoms with van der Waals surface area (Å²) in [5.41, 5.74) is 9.08. The summed E-state index contributed by atoms with van der Waals surface area (Å²) in [6.45, 7) is 15.9. The van der Waals surface area contributed by atoms with Crippen LogP contribution < -0.4 is 10.6 Å². The molecule has 0 fully saturated rings. The van der Waals surface area contributed by atoms with E-state index in [0.29, 0.717) is 24.4 Å². The first-order valence-corrected chi connectivity index (χ1v) is 12.3. The number of benzene rings is 3. The highest BCUT2D eigenvalue weighted by molar-refractivity contribution is 5.79. The van der Waals surface area contributed by atoms with Crippen LogP contribution in [0.5, 0.6) is 5.75 Å². The van der Waals surface area contributed by atoms with Gasteiger partial charge in [0.2, 0.25) is 0 Å². The second kappa shape index (κ2) is 11.5. The summed E-state index contributed by atoms with van der Waals surface area (Å²) in [6.07, 6.45) is 3.94. The molecule has 0 saturated carbocycles. The fourth-order valence-corrected chi connectivity index (χ4v) is 4.17. The summed E-state index contributed by atoms with van der Waals surface area (Å²) >= 11 is 0. The van der Waals surface area contributed by atoms with Crippen LogP contribution in [0.15, 0.2) is 98.2 Å². The van der Waals surface area contributed by atoms with Gasteiger partial charge in [-0.2, -0.15) is 5.10 Å². The monoisotopic (exact) mass is 490 g/mol. The van der Waals surface area contributed by atoms with Gasteiger partial charge in [-0.1, -0.05) is 73.8 Å². The van der Waals surface area contributed by atoms with Crippen molar-refractivity contribution in [1.82, 2.24) is 20.4 Å². The lowest BCUT2D eigenvalue weighted by atomic mass is 10.0. The summed E-state index contributed by atoms with van der Waals surface area (Å²) < 4.78 is 1.93. The Labute approximate surface area is 219 Å². The third-order valence-electron chi connectivity index (χ3n) is 6.49. The maximum Gasteiger partial charge on any atom is 0.128 e. The Morgan fingerprint density at radius 1 is 0.838 bits per heavy atom. The molecule has 1 heterocycles. The number of aromatic nitrogens is 2. The lowest BCUT2D eigenvalue weighted by Crippen LogP contribution is -2.19. The largest absolute Gasteiger partial charge is 0.507 e. The van der Waals surface area contributed by atoms with Gasteiger partial charge in [-0.3, -0.25) is 0 Å². The molecule has 4 aromatic rings. The number of allylic oxidation sites excluding steroid dienone is 2. The van der Waals surface area contributed by atoms with E-state index in [1.54, 1.807) is 12.1 Å². The molecule has 5 nitrogen and oxygen atoms in total. The minimum absolute atomic E-state index is 0.216. The lowest BCUT2D eigenvalue weighted by molar-refractivity contribution is 0.473. The molecule has 0 aliphatic carbocycles. The van der Waals surface area contributed by atoms with Gasteiger partial charge < -0.3 is 15.7 Å². The SMILES string of the molecule is C=C(/C=C(/NCc1cccc(CNC(=C)c2ccccc2O)c1)n1ncc(C)c1C)c1ccccc1C. The van der Waals surface area contributed by atoms with Gasteiger partial charge in [0.1, 0.15) is 11.6 Å². The second-order valence-corrected chi connectivity index (χ2v) is 9.22. The number of nitrogens with one attached hydrogen (secondary N) is 2. The Morgan fingerprint density at radius 2 is 1.49 bits per heavy atom. The molecule has 1 aromatic heterocycles. The molecule has 5 heteroatoms. The average Bonchev–Trinajstić information content (AvgIpc) is 3.23. The number of aromatic hydroxyl groups is 1. The van der Waals surface area contributed by atoms with Crippen LogP contribution in [-0.2, 0) is 13.1 Å². The van der Waals surface area contributed by atoms with E-state index in [2.05, 4.69) is 92.1 Å². The van der Waals surface area contributed by atoms with Crippen LogP contribution in [0.25, 0.3) is 17.1 Å². The highest BCUT2D eigenvalue weighted by Crippen LogP contribution is 2.23. The quantitative estimate of drug-likeness (QED) is 0.220. The minimum atomic E-state index is 0.216. The fraction of sp³-hybridized carbons (Fsp3) is 0.156. The van der Waals surface area contributed by atoms with Crippen molar-refractivity contribution in [2.24, 2.45) is 0 Å². The Morgan fingerprint density at radius 3 is 2.14 bits per heavy atom. The third kappa shape index (κ3) is 6.19. The van der Waals surface area contributed by atoms with Gasteiger partial charge in [-0.15, -0.1) is 0 Å². The van der Waals surface area contributed by atoms with Crippen LogP contribution in [0.3, 0.4) is 0 Å². The lowest BCUT2D eigenvalue weighted by Gasteiger charge is -2.16. The number of hydrogen-bond donors (Lipinski definition) is 3. The van der Waals surface area contributed by atoms with Gasteiger partial charge in [-0.25, -0.2) is 4.68 Å². The van der Waals surface area contributed by atoms with Crippen molar-refractivity contribution in [2.45, 2.75) is 33.9 Å². The standard InChI is InChI=1S/C32H34N4O/c1-22-11-6-7-14-29(22)23(2)17-32(36-26(5)24(3)19-35-36)34-21-28-13-10-12-27(18-28)20-33-25(4)30-15-8-9-16-31(30)37/h6-19,33-34,37H,2,4,20-21H2,1,3,5H3/b32-17-. The molecule has 0 radical (unpaired) electrons. The summed E-state index contributed by atoms with van der Waals surface area (Å²) in [5.74, 6) is 1.09. The van der Waals surface area contributed by atoms with Crippen LogP contribution in [0.4, 0.5) is 0 Å². The topological polar surface area (TPSA) is 62.1 Å². The number of aryl methyl sites for hydroxylation is 2. The molecule has 0 spiro atoms. The van der Waals surface area contributed by atoms with Crippen molar-refractivity contribution < 1.29 is 5.11 Å². The van der Waals surface area contributed by atoms with Crippen LogP contribution in [-0.4, -0.2) is 14.9 Å². The fourth-order valence-electron chi connectivity index (χ4n) is 4.17. The van der Waals surface area contributed by atoms with E-state index in [1.165, 1.54) is 5.56 Å². The van der Waals surface area contributed by atoms with E-state index in [0.717, 1.165) is 39.3 Å². The highest BCUT2D eigenvalue weighted by atomic mass is 16.3. The van der Waals surface area contributed by atoms with E-state index in [-0.39, 0.29) is 5.75 Å². The molecular weight excluding hydrogens is 456 g/mol. The van der Waals surface area contributed by atoms with Crippen molar-refractivity contribution in [1.29, 1.82) is 0 Å². The zero-order chi connectivity index (χ0) is 26.4. The number of para-hydroxylation sites is 1. The van der Waals surface area contributed by atoms with E-state index in [9.17, 15) is 5.11 Å². The van der Waals surface area contributed by atoms with E-state index >= 15 is 0 Å². The summed E-state index contributed by atoms with van der Waals surface area (Å²) in [5, 5.41) is 21.6. The van der Waals surface area contributed by atoms with E-state index < -0.39 is 0 Å². The van der Waals surface area contributed by atoms with Crippen LogP contribution >= 0.6 is 0 Å². The Kier molecular flexibility index (Phi) is 7.94. The highest BCUT2D eigenvalue weighted by Gasteiger charge is 2.10. The van der Waals surface area contributed by atoms with Crippen LogP contribution in [0.1, 0.15) is 39.1 Å². The maximum atomic E-state index is 10.1. The van der Waals surface area contributed by atoms with Crippen LogP contribution in [0.2, 0.25) is 0 Å². The molecule has 0 aliphatic heterocycles. The van der Waals surface area contributed by atoms with Gasteiger partial charge in [0.25, 0.3) is 0 Å². The number of phenols is 1. The molecule has 188 valence electrons. The first-order valence-electron chi connectivity index (χ1n) is 12.3. The van der Waals surface area contributed by atoms with Crippen molar-refractivity contribution in [3.05, 3.63) is 137 Å². The van der Waals surface area contributed by atoms with Crippen LogP contribution in [0, 0.1) is 20.8 Å². The van der Waals surface area contributed by atoms with Crippen molar-refractivity contribution in [2.75, 3.05) is 0 Å². The molecular formula is C32H34N4O. The summed E-state index contributed by atoms with van der Waals surface area (Å²) in [6, 6.07) is 23.8. The zero-order valence-electron chi connectivity index (χ0n) is 21.8. The van der Waals surface area contributed by atoms with E-state index in [1.807, 2.05) is 35.1 Å². The number of hydrogen-bond acceptors (Lipinski definition) is 4. The molecule has 0 unspecified atom stereocenters. The van der Waals surface area contributed by atoms with Crippen molar-refractivity contribution in [3.63, 3.8) is 0 Å². The van der Waals surface area contributed by atoms with Gasteiger partial charge in [0, 0.05) is 30.0 Å². The third-order valence-corrected chi connectivity index (χ3v) is 6.49. The van der Waals surface area contributed by atoms with Crippen molar-refractivity contribution >= 4 is 17.1 Å². The van der Waals surface area contributed by atoms with Gasteiger partial charge >= 0.3 is 0 Å². The Balaban J connectivity index is 1.50. The zero-order valence-corrected chi connectivity index (χ0v) is 21.8. The molecule has 0 amide bonds. The smallest absolute Gasteiger partial charge is 0.128 e. The molecule has 4 rings (SSSR count). The predicted octanol–water partition coefficient (Wildman–Crippen LogP) is 6.58. The molecule has 0 atom stereocenters. The van der Waals surface area contributed by atoms with Gasteiger partial charge in [0.05, 0.1) is 6.20 Å². The molecule has 3 N–H and O–H groups in total. The summed E-state index contributed by atoms with van der Waals surface area (Å²) in [4.78, 5) is 0. The molecule has 0 bridgehead atoms. The first-order chi connectivity index (χ1) is 17.8. The second-order valence-electron chi connectivity index (χ2n) is 9.22. The minimum Gasteiger partial charge on any atom is -0.507 e. The molecule has 3 aromatic carbocycles. The first kappa shape index (κ1) is 25.6. The van der Waals surface area contributed by atoms with Gasteiger partial charge in [0.15, 0.2) is 0 Å².